The van der Waals surface area contributed by atoms with E-state index in [0.717, 1.165) is 23.1 Å². The summed E-state index contributed by atoms with van der Waals surface area (Å²) in [5, 5.41) is 18.7. The van der Waals surface area contributed by atoms with Gasteiger partial charge in [-0.3, -0.25) is 9.59 Å². The molecular weight excluding hydrogens is 366 g/mol. The van der Waals surface area contributed by atoms with Crippen LogP contribution >= 0.6 is 11.8 Å². The topological polar surface area (TPSA) is 100 Å². The van der Waals surface area contributed by atoms with Gasteiger partial charge in [-0.15, -0.1) is 5.10 Å². The molecule has 1 fully saturated rings. The third-order valence-electron chi connectivity index (χ3n) is 3.63. The summed E-state index contributed by atoms with van der Waals surface area (Å²) in [4.78, 5) is 22.3. The standard InChI is InChI=1S/C19H17N3O4S/c1-12-2-6-14(7-3-12)26-15-8-4-13(5-9-15)11-20-22-19-21-18(25)16(27-19)10-17(23)24/h2-9,11,16H,10H2,1H3,(H,23,24)(H,21,22,25). The van der Waals surface area contributed by atoms with Gasteiger partial charge < -0.3 is 15.2 Å². The lowest BCUT2D eigenvalue weighted by molar-refractivity contribution is -0.138. The fourth-order valence-corrected chi connectivity index (χ4v) is 3.17. The van der Waals surface area contributed by atoms with Gasteiger partial charge in [0.2, 0.25) is 5.91 Å². The van der Waals surface area contributed by atoms with Crippen LogP contribution in [0.3, 0.4) is 0 Å². The molecule has 1 saturated heterocycles. The van der Waals surface area contributed by atoms with Crippen molar-refractivity contribution in [2.45, 2.75) is 18.6 Å². The van der Waals surface area contributed by atoms with E-state index in [-0.39, 0.29) is 12.3 Å². The molecular formula is C19H17N3O4S. The Balaban J connectivity index is 1.57. The van der Waals surface area contributed by atoms with Gasteiger partial charge in [-0.1, -0.05) is 29.5 Å². The molecule has 2 aromatic rings. The van der Waals surface area contributed by atoms with Gasteiger partial charge in [0.1, 0.15) is 16.7 Å². The number of amides is 1. The second-order valence-corrected chi connectivity index (χ2v) is 7.02. The van der Waals surface area contributed by atoms with Gasteiger partial charge in [-0.25, -0.2) is 0 Å². The van der Waals surface area contributed by atoms with Crippen molar-refractivity contribution in [3.05, 3.63) is 59.7 Å². The van der Waals surface area contributed by atoms with E-state index in [2.05, 4.69) is 15.5 Å². The number of carbonyl (C=O) groups excluding carboxylic acids is 1. The Hall–Kier alpha value is -3.13. The molecule has 0 radical (unpaired) electrons. The van der Waals surface area contributed by atoms with E-state index >= 15 is 0 Å². The maximum atomic E-state index is 11.6. The first kappa shape index (κ1) is 18.7. The van der Waals surface area contributed by atoms with Crippen molar-refractivity contribution in [3.8, 4) is 11.5 Å². The van der Waals surface area contributed by atoms with Crippen LogP contribution in [0.1, 0.15) is 17.5 Å². The minimum absolute atomic E-state index is 0.248. The fourth-order valence-electron chi connectivity index (χ4n) is 2.26. The zero-order valence-corrected chi connectivity index (χ0v) is 15.3. The first-order valence-electron chi connectivity index (χ1n) is 8.14. The van der Waals surface area contributed by atoms with Crippen LogP contribution in [0.5, 0.6) is 11.5 Å². The average molecular weight is 383 g/mol. The molecule has 1 amide bonds. The number of thioether (sulfide) groups is 1. The number of nitrogens with zero attached hydrogens (tertiary/aromatic N) is 2. The number of aliphatic carboxylic acids is 1. The molecule has 1 atom stereocenters. The summed E-state index contributed by atoms with van der Waals surface area (Å²) in [6, 6.07) is 15.1. The molecule has 3 rings (SSSR count). The second kappa shape index (κ2) is 8.50. The van der Waals surface area contributed by atoms with Crippen molar-refractivity contribution >= 4 is 35.0 Å². The normalized spacial score (nSPS) is 18.0. The molecule has 7 nitrogen and oxygen atoms in total. The van der Waals surface area contributed by atoms with Crippen LogP contribution in [0.25, 0.3) is 0 Å². The number of nitrogens with one attached hydrogen (secondary N) is 1. The second-order valence-electron chi connectivity index (χ2n) is 5.83. The summed E-state index contributed by atoms with van der Waals surface area (Å²) in [7, 11) is 0. The molecule has 0 aromatic heterocycles. The van der Waals surface area contributed by atoms with Crippen LogP contribution < -0.4 is 10.1 Å². The van der Waals surface area contributed by atoms with E-state index < -0.39 is 11.2 Å². The van der Waals surface area contributed by atoms with Crippen LogP contribution in [0, 0.1) is 6.92 Å². The Morgan fingerprint density at radius 2 is 1.81 bits per heavy atom. The van der Waals surface area contributed by atoms with E-state index in [4.69, 9.17) is 9.84 Å². The number of rotatable bonds is 6. The van der Waals surface area contributed by atoms with E-state index in [1.54, 1.807) is 6.21 Å². The third-order valence-corrected chi connectivity index (χ3v) is 4.70. The number of aryl methyl sites for hydroxylation is 1. The number of benzene rings is 2. The van der Waals surface area contributed by atoms with E-state index in [1.807, 2.05) is 55.5 Å². The minimum Gasteiger partial charge on any atom is -0.481 e. The molecule has 138 valence electrons. The van der Waals surface area contributed by atoms with Gasteiger partial charge >= 0.3 is 5.97 Å². The molecule has 0 aliphatic carbocycles. The third kappa shape index (κ3) is 5.42. The molecule has 1 unspecified atom stereocenters. The summed E-state index contributed by atoms with van der Waals surface area (Å²) >= 11 is 1.06. The molecule has 2 N–H and O–H groups in total. The number of hydrogen-bond acceptors (Lipinski definition) is 6. The summed E-state index contributed by atoms with van der Waals surface area (Å²) in [6.45, 7) is 2.02. The summed E-state index contributed by atoms with van der Waals surface area (Å²) in [5.41, 5.74) is 1.98. The molecule has 0 saturated carbocycles. The fraction of sp³-hybridized carbons (Fsp3) is 0.158. The van der Waals surface area contributed by atoms with Crippen LogP contribution in [-0.2, 0) is 9.59 Å². The van der Waals surface area contributed by atoms with Crippen molar-refractivity contribution in [1.82, 2.24) is 5.32 Å². The molecule has 0 bridgehead atoms. The van der Waals surface area contributed by atoms with Crippen LogP contribution in [0.4, 0.5) is 0 Å². The lowest BCUT2D eigenvalue weighted by atomic mass is 10.2. The van der Waals surface area contributed by atoms with Crippen molar-refractivity contribution in [2.75, 3.05) is 0 Å². The highest BCUT2D eigenvalue weighted by Crippen LogP contribution is 2.23. The van der Waals surface area contributed by atoms with Crippen molar-refractivity contribution in [2.24, 2.45) is 10.2 Å². The highest BCUT2D eigenvalue weighted by atomic mass is 32.2. The minimum atomic E-state index is -1.03. The number of carboxylic acids is 1. The van der Waals surface area contributed by atoms with Gasteiger partial charge in [0.25, 0.3) is 0 Å². The molecule has 2 aromatic carbocycles. The predicted molar refractivity (Wildman–Crippen MR) is 104 cm³/mol. The Morgan fingerprint density at radius 3 is 2.44 bits per heavy atom. The van der Waals surface area contributed by atoms with E-state index in [1.165, 1.54) is 5.56 Å². The zero-order chi connectivity index (χ0) is 19.2. The Kier molecular flexibility index (Phi) is 5.87. The van der Waals surface area contributed by atoms with Crippen molar-refractivity contribution in [1.29, 1.82) is 0 Å². The number of ether oxygens (including phenoxy) is 1. The maximum absolute atomic E-state index is 11.6. The van der Waals surface area contributed by atoms with Crippen LogP contribution in [0.15, 0.2) is 58.7 Å². The highest BCUT2D eigenvalue weighted by molar-refractivity contribution is 8.15. The molecule has 0 spiro atoms. The Morgan fingerprint density at radius 1 is 1.19 bits per heavy atom. The first-order valence-corrected chi connectivity index (χ1v) is 9.02. The zero-order valence-electron chi connectivity index (χ0n) is 14.5. The summed E-state index contributed by atoms with van der Waals surface area (Å²) < 4.78 is 5.76. The quantitative estimate of drug-likeness (QED) is 0.589. The number of carboxylic acid groups (broad SMARTS) is 1. The Bertz CT molecular complexity index is 892. The van der Waals surface area contributed by atoms with Gasteiger partial charge in [-0.2, -0.15) is 5.10 Å². The number of amidine groups is 1. The number of carbonyl (C=O) groups is 2. The summed E-state index contributed by atoms with van der Waals surface area (Å²) in [5.74, 6) is 0.0741. The highest BCUT2D eigenvalue weighted by Gasteiger charge is 2.32. The van der Waals surface area contributed by atoms with Crippen molar-refractivity contribution in [3.63, 3.8) is 0 Å². The maximum Gasteiger partial charge on any atom is 0.305 e. The monoisotopic (exact) mass is 383 g/mol. The number of hydrogen-bond donors (Lipinski definition) is 2. The SMILES string of the molecule is Cc1ccc(Oc2ccc(C=NN=C3NC(=O)C(CC(=O)O)S3)cc2)cc1. The van der Waals surface area contributed by atoms with Gasteiger partial charge in [0.05, 0.1) is 12.6 Å². The lowest BCUT2D eigenvalue weighted by Gasteiger charge is -2.05. The molecule has 1 heterocycles. The predicted octanol–water partition coefficient (Wildman–Crippen LogP) is 3.18. The molecule has 1 aliphatic heterocycles. The lowest BCUT2D eigenvalue weighted by Crippen LogP contribution is -2.26. The van der Waals surface area contributed by atoms with Crippen molar-refractivity contribution < 1.29 is 19.4 Å². The Labute approximate surface area is 160 Å². The molecule has 27 heavy (non-hydrogen) atoms. The van der Waals surface area contributed by atoms with Gasteiger partial charge in [0.15, 0.2) is 5.17 Å². The van der Waals surface area contributed by atoms with E-state index in [9.17, 15) is 9.59 Å². The molecule has 1 aliphatic rings. The average Bonchev–Trinajstić information content (AvgIpc) is 2.97. The molecule has 8 heteroatoms. The smallest absolute Gasteiger partial charge is 0.305 e. The van der Waals surface area contributed by atoms with Gasteiger partial charge in [0, 0.05) is 0 Å². The first-order chi connectivity index (χ1) is 13.0. The van der Waals surface area contributed by atoms with Crippen LogP contribution in [-0.4, -0.2) is 33.6 Å². The van der Waals surface area contributed by atoms with E-state index in [0.29, 0.717) is 10.9 Å². The van der Waals surface area contributed by atoms with Gasteiger partial charge in [-0.05, 0) is 48.9 Å². The summed E-state index contributed by atoms with van der Waals surface area (Å²) in [6.07, 6.45) is 1.29. The van der Waals surface area contributed by atoms with Crippen LogP contribution in [0.2, 0.25) is 0 Å². The largest absolute Gasteiger partial charge is 0.481 e.